The number of carbonyl (C=O) groups is 1. The van der Waals surface area contributed by atoms with Gasteiger partial charge in [0.05, 0.1) is 0 Å². The summed E-state index contributed by atoms with van der Waals surface area (Å²) in [5.74, 6) is -0.500. The standard InChI is InChI=1S/C23H34F3N3O/c1-7-11-12-14-17(9-3)16-29(20(13-8-2)22(5,6)10-4)21(30)18-15-19(28-27-18)23(24,25)26/h7,9,11-12,14-15,20H,8,10,13,16H2,1-6H3,(H,27,28)/b11-7-,14-12-,17-9+. The van der Waals surface area contributed by atoms with E-state index in [1.165, 1.54) is 0 Å². The van der Waals surface area contributed by atoms with Gasteiger partial charge in [0.1, 0.15) is 5.69 Å². The van der Waals surface area contributed by atoms with Gasteiger partial charge in [-0.05, 0) is 37.7 Å². The normalized spacial score (nSPS) is 14.6. The minimum Gasteiger partial charge on any atom is -0.329 e. The van der Waals surface area contributed by atoms with Crippen LogP contribution in [0, 0.1) is 5.41 Å². The number of rotatable bonds is 10. The molecule has 1 rings (SSSR count). The highest BCUT2D eigenvalue weighted by Gasteiger charge is 2.38. The molecule has 0 saturated heterocycles. The molecule has 0 aliphatic carbocycles. The maximum Gasteiger partial charge on any atom is 0.432 e. The zero-order valence-electron chi connectivity index (χ0n) is 18.8. The summed E-state index contributed by atoms with van der Waals surface area (Å²) in [6.07, 6.45) is 7.34. The van der Waals surface area contributed by atoms with Crippen molar-refractivity contribution in [1.82, 2.24) is 15.1 Å². The van der Waals surface area contributed by atoms with Crippen LogP contribution in [0.5, 0.6) is 0 Å². The van der Waals surface area contributed by atoms with E-state index < -0.39 is 17.8 Å². The van der Waals surface area contributed by atoms with Crippen LogP contribution in [0.3, 0.4) is 0 Å². The molecule has 1 aromatic heterocycles. The van der Waals surface area contributed by atoms with E-state index in [1.54, 1.807) is 4.90 Å². The average molecular weight is 426 g/mol. The van der Waals surface area contributed by atoms with Crippen molar-refractivity contribution in [2.45, 2.75) is 73.0 Å². The molecule has 4 nitrogen and oxygen atoms in total. The van der Waals surface area contributed by atoms with E-state index in [0.29, 0.717) is 6.54 Å². The minimum absolute atomic E-state index is 0.142. The number of H-pyrrole nitrogens is 1. The summed E-state index contributed by atoms with van der Waals surface area (Å²) in [6, 6.07) is 0.651. The number of aromatic amines is 1. The molecule has 168 valence electrons. The van der Waals surface area contributed by atoms with Gasteiger partial charge in [0.15, 0.2) is 5.69 Å². The highest BCUT2D eigenvalue weighted by atomic mass is 19.4. The Bertz CT molecular complexity index is 773. The van der Waals surface area contributed by atoms with Gasteiger partial charge in [0, 0.05) is 18.7 Å². The molecule has 7 heteroatoms. The predicted molar refractivity (Wildman–Crippen MR) is 115 cm³/mol. The molecule has 1 N–H and O–H groups in total. The molecular formula is C23H34F3N3O. The number of carbonyl (C=O) groups excluding carboxylic acids is 1. The highest BCUT2D eigenvalue weighted by Crippen LogP contribution is 2.34. The first-order chi connectivity index (χ1) is 14.0. The molecule has 0 aromatic carbocycles. The number of halogens is 3. The van der Waals surface area contributed by atoms with Gasteiger partial charge in [-0.3, -0.25) is 9.89 Å². The Balaban J connectivity index is 3.40. The molecule has 0 saturated carbocycles. The van der Waals surface area contributed by atoms with E-state index in [9.17, 15) is 18.0 Å². The Hall–Kier alpha value is -2.31. The van der Waals surface area contributed by atoms with Crippen LogP contribution in [0.2, 0.25) is 0 Å². The zero-order chi connectivity index (χ0) is 22.9. The Morgan fingerprint density at radius 2 is 1.90 bits per heavy atom. The van der Waals surface area contributed by atoms with Crippen molar-refractivity contribution in [1.29, 1.82) is 0 Å². The molecule has 1 aromatic rings. The third kappa shape index (κ3) is 6.89. The third-order valence-electron chi connectivity index (χ3n) is 5.45. The Morgan fingerprint density at radius 1 is 1.23 bits per heavy atom. The topological polar surface area (TPSA) is 49.0 Å². The highest BCUT2D eigenvalue weighted by molar-refractivity contribution is 5.93. The van der Waals surface area contributed by atoms with E-state index in [-0.39, 0.29) is 17.2 Å². The number of alkyl halides is 3. The maximum atomic E-state index is 13.4. The van der Waals surface area contributed by atoms with E-state index in [1.807, 2.05) is 56.2 Å². The van der Waals surface area contributed by atoms with Crippen LogP contribution in [0.1, 0.15) is 77.0 Å². The lowest BCUT2D eigenvalue weighted by atomic mass is 9.78. The first kappa shape index (κ1) is 25.7. The molecule has 0 fully saturated rings. The first-order valence-electron chi connectivity index (χ1n) is 10.4. The van der Waals surface area contributed by atoms with Crippen molar-refractivity contribution >= 4 is 5.91 Å². The monoisotopic (exact) mass is 425 g/mol. The van der Waals surface area contributed by atoms with Crippen LogP contribution in [0.25, 0.3) is 0 Å². The molecule has 0 aliphatic heterocycles. The van der Waals surface area contributed by atoms with Crippen LogP contribution < -0.4 is 0 Å². The van der Waals surface area contributed by atoms with Crippen LogP contribution in [0.4, 0.5) is 13.2 Å². The predicted octanol–water partition coefficient (Wildman–Crippen LogP) is 6.55. The summed E-state index contributed by atoms with van der Waals surface area (Å²) in [5, 5.41) is 5.63. The molecular weight excluding hydrogens is 391 g/mol. The van der Waals surface area contributed by atoms with Gasteiger partial charge < -0.3 is 4.90 Å². The lowest BCUT2D eigenvalue weighted by molar-refractivity contribution is -0.141. The maximum absolute atomic E-state index is 13.4. The van der Waals surface area contributed by atoms with Crippen molar-refractivity contribution in [2.75, 3.05) is 6.54 Å². The fourth-order valence-electron chi connectivity index (χ4n) is 3.25. The number of nitrogens with one attached hydrogen (secondary N) is 1. The van der Waals surface area contributed by atoms with Gasteiger partial charge in [0.2, 0.25) is 0 Å². The molecule has 1 amide bonds. The van der Waals surface area contributed by atoms with E-state index in [2.05, 4.69) is 25.9 Å². The molecule has 1 atom stereocenters. The summed E-state index contributed by atoms with van der Waals surface area (Å²) in [6.45, 7) is 12.4. The van der Waals surface area contributed by atoms with Crippen molar-refractivity contribution in [2.24, 2.45) is 5.41 Å². The summed E-state index contributed by atoms with van der Waals surface area (Å²) in [5.41, 5.74) is -0.545. The van der Waals surface area contributed by atoms with Crippen LogP contribution >= 0.6 is 0 Å². The summed E-state index contributed by atoms with van der Waals surface area (Å²) >= 11 is 0. The molecule has 0 radical (unpaired) electrons. The van der Waals surface area contributed by atoms with Gasteiger partial charge in [0.25, 0.3) is 5.91 Å². The second-order valence-electron chi connectivity index (χ2n) is 7.99. The van der Waals surface area contributed by atoms with E-state index in [0.717, 1.165) is 30.9 Å². The Kier molecular flexibility index (Phi) is 9.59. The number of amides is 1. The molecule has 0 aliphatic rings. The molecule has 1 heterocycles. The van der Waals surface area contributed by atoms with Crippen molar-refractivity contribution in [3.05, 3.63) is 53.4 Å². The van der Waals surface area contributed by atoms with Crippen LogP contribution in [0.15, 0.2) is 42.0 Å². The number of aromatic nitrogens is 2. The van der Waals surface area contributed by atoms with E-state index in [4.69, 9.17) is 0 Å². The van der Waals surface area contributed by atoms with Crippen LogP contribution in [-0.2, 0) is 6.18 Å². The lowest BCUT2D eigenvalue weighted by Crippen LogP contribution is -2.49. The minimum atomic E-state index is -4.58. The SMILES string of the molecule is C\C=C/C=C\C(=C/C)CN(C(=O)c1cc(C(F)(F)F)[nH]n1)C(CCC)C(C)(C)CC. The molecule has 1 unspecified atom stereocenters. The first-order valence-corrected chi connectivity index (χ1v) is 10.4. The van der Waals surface area contributed by atoms with Crippen molar-refractivity contribution < 1.29 is 18.0 Å². The van der Waals surface area contributed by atoms with Gasteiger partial charge in [-0.1, -0.05) is 64.5 Å². The van der Waals surface area contributed by atoms with Gasteiger partial charge >= 0.3 is 6.18 Å². The fraction of sp³-hybridized carbons (Fsp3) is 0.565. The zero-order valence-corrected chi connectivity index (χ0v) is 18.8. The molecule has 30 heavy (non-hydrogen) atoms. The average Bonchev–Trinajstić information content (AvgIpc) is 3.19. The molecule has 0 bridgehead atoms. The summed E-state index contributed by atoms with van der Waals surface area (Å²) < 4.78 is 39.0. The number of hydrogen-bond donors (Lipinski definition) is 1. The van der Waals surface area contributed by atoms with E-state index >= 15 is 0 Å². The van der Waals surface area contributed by atoms with Crippen molar-refractivity contribution in [3.8, 4) is 0 Å². The Morgan fingerprint density at radius 3 is 2.37 bits per heavy atom. The Labute approximate surface area is 177 Å². The summed E-state index contributed by atoms with van der Waals surface area (Å²) in [4.78, 5) is 15.0. The second kappa shape index (κ2) is 11.2. The quantitative estimate of drug-likeness (QED) is 0.432. The smallest absolute Gasteiger partial charge is 0.329 e. The van der Waals surface area contributed by atoms with Gasteiger partial charge in [-0.25, -0.2) is 0 Å². The fourth-order valence-corrected chi connectivity index (χ4v) is 3.25. The van der Waals surface area contributed by atoms with Crippen molar-refractivity contribution in [3.63, 3.8) is 0 Å². The number of nitrogens with zero attached hydrogens (tertiary/aromatic N) is 2. The van der Waals surface area contributed by atoms with Gasteiger partial charge in [-0.2, -0.15) is 18.3 Å². The number of allylic oxidation sites excluding steroid dienone is 4. The third-order valence-corrected chi connectivity index (χ3v) is 5.45. The van der Waals surface area contributed by atoms with Gasteiger partial charge in [-0.15, -0.1) is 0 Å². The lowest BCUT2D eigenvalue weighted by Gasteiger charge is -2.42. The largest absolute Gasteiger partial charge is 0.432 e. The summed E-state index contributed by atoms with van der Waals surface area (Å²) in [7, 11) is 0. The number of hydrogen-bond acceptors (Lipinski definition) is 2. The second-order valence-corrected chi connectivity index (χ2v) is 7.99. The van der Waals surface area contributed by atoms with Crippen LogP contribution in [-0.4, -0.2) is 33.6 Å². The molecule has 0 spiro atoms.